The second kappa shape index (κ2) is 4.57. The summed E-state index contributed by atoms with van der Waals surface area (Å²) >= 11 is 1.57. The topological polar surface area (TPSA) is 60.9 Å². The lowest BCUT2D eigenvalue weighted by atomic mass is 9.93. The monoisotopic (exact) mass is 263 g/mol. The maximum Gasteiger partial charge on any atom is 0.274 e. The van der Waals surface area contributed by atoms with E-state index in [-0.39, 0.29) is 16.7 Å². The smallest absolute Gasteiger partial charge is 0.274 e. The number of hydrogen-bond acceptors (Lipinski definition) is 4. The van der Waals surface area contributed by atoms with Gasteiger partial charge in [0.25, 0.3) is 5.56 Å². The van der Waals surface area contributed by atoms with E-state index in [0.717, 1.165) is 10.7 Å². The Morgan fingerprint density at radius 1 is 1.44 bits per heavy atom. The average molecular weight is 263 g/mol. The van der Waals surface area contributed by atoms with Gasteiger partial charge in [0.15, 0.2) is 0 Å². The molecule has 0 unspecified atom stereocenters. The molecule has 0 bridgehead atoms. The van der Waals surface area contributed by atoms with Crippen LogP contribution in [-0.2, 0) is 12.0 Å². The van der Waals surface area contributed by atoms with Crippen LogP contribution in [0.2, 0.25) is 0 Å². The SMILES string of the molecule is CC(C)(C)c1csc(Cn2cccc(N)c2=O)n1. The Bertz CT molecular complexity index is 607. The number of rotatable bonds is 2. The van der Waals surface area contributed by atoms with E-state index in [9.17, 15) is 4.79 Å². The number of pyridine rings is 1. The molecular formula is C13H17N3OS. The van der Waals surface area contributed by atoms with Crippen LogP contribution in [-0.4, -0.2) is 9.55 Å². The zero-order valence-electron chi connectivity index (χ0n) is 10.8. The second-order valence-electron chi connectivity index (χ2n) is 5.27. The molecule has 0 aliphatic rings. The normalized spacial score (nSPS) is 11.7. The van der Waals surface area contributed by atoms with Crippen molar-refractivity contribution < 1.29 is 0 Å². The number of nitrogens with zero attached hydrogens (tertiary/aromatic N) is 2. The summed E-state index contributed by atoms with van der Waals surface area (Å²) in [5, 5.41) is 2.97. The Labute approximate surface area is 110 Å². The number of nitrogens with two attached hydrogens (primary N) is 1. The first kappa shape index (κ1) is 12.8. The van der Waals surface area contributed by atoms with E-state index in [1.807, 2.05) is 5.38 Å². The van der Waals surface area contributed by atoms with E-state index < -0.39 is 0 Å². The molecule has 0 saturated carbocycles. The fourth-order valence-corrected chi connectivity index (χ4v) is 2.57. The number of thiazole rings is 1. The molecule has 0 radical (unpaired) electrons. The third-order valence-electron chi connectivity index (χ3n) is 2.68. The van der Waals surface area contributed by atoms with Crippen molar-refractivity contribution in [3.63, 3.8) is 0 Å². The Morgan fingerprint density at radius 3 is 2.78 bits per heavy atom. The lowest BCUT2D eigenvalue weighted by Gasteiger charge is -2.14. The van der Waals surface area contributed by atoms with Crippen molar-refractivity contribution in [3.8, 4) is 0 Å². The minimum Gasteiger partial charge on any atom is -0.394 e. The van der Waals surface area contributed by atoms with Gasteiger partial charge in [0.1, 0.15) is 5.01 Å². The number of hydrogen-bond donors (Lipinski definition) is 1. The molecule has 2 aromatic heterocycles. The summed E-state index contributed by atoms with van der Waals surface area (Å²) in [6.07, 6.45) is 1.73. The predicted octanol–water partition coefficient (Wildman–Crippen LogP) is 2.23. The molecule has 4 nitrogen and oxygen atoms in total. The van der Waals surface area contributed by atoms with Crippen LogP contribution in [0.4, 0.5) is 5.69 Å². The fraction of sp³-hybridized carbons (Fsp3) is 0.385. The number of anilines is 1. The summed E-state index contributed by atoms with van der Waals surface area (Å²) in [5.74, 6) is 0. The summed E-state index contributed by atoms with van der Waals surface area (Å²) < 4.78 is 1.58. The number of nitrogen functional groups attached to an aromatic ring is 1. The van der Waals surface area contributed by atoms with Crippen molar-refractivity contribution in [2.45, 2.75) is 32.7 Å². The molecule has 0 atom stereocenters. The largest absolute Gasteiger partial charge is 0.394 e. The maximum absolute atomic E-state index is 11.8. The maximum atomic E-state index is 11.8. The van der Waals surface area contributed by atoms with Crippen LogP contribution in [0.15, 0.2) is 28.5 Å². The van der Waals surface area contributed by atoms with Crippen molar-refractivity contribution in [3.05, 3.63) is 44.8 Å². The van der Waals surface area contributed by atoms with Gasteiger partial charge in [0, 0.05) is 17.0 Å². The van der Waals surface area contributed by atoms with Gasteiger partial charge in [0.2, 0.25) is 0 Å². The van der Waals surface area contributed by atoms with Gasteiger partial charge in [-0.2, -0.15) is 0 Å². The molecule has 2 N–H and O–H groups in total. The lowest BCUT2D eigenvalue weighted by molar-refractivity contribution is 0.569. The molecule has 2 aromatic rings. The summed E-state index contributed by atoms with van der Waals surface area (Å²) in [6, 6.07) is 3.39. The first-order chi connectivity index (χ1) is 8.38. The molecule has 0 aromatic carbocycles. The van der Waals surface area contributed by atoms with Crippen LogP contribution < -0.4 is 11.3 Å². The zero-order chi connectivity index (χ0) is 13.3. The fourth-order valence-electron chi connectivity index (χ4n) is 1.55. The first-order valence-electron chi connectivity index (χ1n) is 5.78. The first-order valence-corrected chi connectivity index (χ1v) is 6.66. The van der Waals surface area contributed by atoms with Crippen molar-refractivity contribution in [1.82, 2.24) is 9.55 Å². The molecule has 2 rings (SSSR count). The third-order valence-corrected chi connectivity index (χ3v) is 3.51. The van der Waals surface area contributed by atoms with Crippen LogP contribution in [0.3, 0.4) is 0 Å². The Morgan fingerprint density at radius 2 is 2.17 bits per heavy atom. The summed E-state index contributed by atoms with van der Waals surface area (Å²) in [5.41, 5.74) is 6.80. The highest BCUT2D eigenvalue weighted by atomic mass is 32.1. The van der Waals surface area contributed by atoms with E-state index in [2.05, 4.69) is 25.8 Å². The van der Waals surface area contributed by atoms with Gasteiger partial charge in [-0.3, -0.25) is 4.79 Å². The predicted molar refractivity (Wildman–Crippen MR) is 75.0 cm³/mol. The van der Waals surface area contributed by atoms with E-state index in [1.165, 1.54) is 0 Å². The van der Waals surface area contributed by atoms with E-state index in [1.54, 1.807) is 34.2 Å². The molecule has 2 heterocycles. The van der Waals surface area contributed by atoms with Crippen molar-refractivity contribution >= 4 is 17.0 Å². The molecule has 0 amide bonds. The summed E-state index contributed by atoms with van der Waals surface area (Å²) in [4.78, 5) is 16.4. The van der Waals surface area contributed by atoms with Crippen molar-refractivity contribution in [2.75, 3.05) is 5.73 Å². The second-order valence-corrected chi connectivity index (χ2v) is 6.22. The van der Waals surface area contributed by atoms with Crippen molar-refractivity contribution in [1.29, 1.82) is 0 Å². The summed E-state index contributed by atoms with van der Waals surface area (Å²) in [6.45, 7) is 6.85. The molecule has 0 aliphatic heterocycles. The standard InChI is InChI=1S/C13H17N3OS/c1-13(2,3)10-8-18-11(15-10)7-16-6-4-5-9(14)12(16)17/h4-6,8H,7,14H2,1-3H3. The molecule has 0 aliphatic carbocycles. The third kappa shape index (κ3) is 2.61. The highest BCUT2D eigenvalue weighted by Crippen LogP contribution is 2.24. The van der Waals surface area contributed by atoms with E-state index in [4.69, 9.17) is 5.73 Å². The highest BCUT2D eigenvalue weighted by Gasteiger charge is 2.17. The Hall–Kier alpha value is -1.62. The van der Waals surface area contributed by atoms with Gasteiger partial charge in [-0.25, -0.2) is 4.98 Å². The van der Waals surface area contributed by atoms with Gasteiger partial charge >= 0.3 is 0 Å². The highest BCUT2D eigenvalue weighted by molar-refractivity contribution is 7.09. The zero-order valence-corrected chi connectivity index (χ0v) is 11.6. The Kier molecular flexibility index (Phi) is 3.26. The van der Waals surface area contributed by atoms with Crippen LogP contribution in [0.5, 0.6) is 0 Å². The molecule has 0 saturated heterocycles. The molecular weight excluding hydrogens is 246 g/mol. The molecule has 0 fully saturated rings. The van der Waals surface area contributed by atoms with E-state index >= 15 is 0 Å². The lowest BCUT2D eigenvalue weighted by Crippen LogP contribution is -2.22. The molecule has 0 spiro atoms. The summed E-state index contributed by atoms with van der Waals surface area (Å²) in [7, 11) is 0. The number of aromatic nitrogens is 2. The molecule has 18 heavy (non-hydrogen) atoms. The molecule has 5 heteroatoms. The van der Waals surface area contributed by atoms with Gasteiger partial charge in [-0.05, 0) is 12.1 Å². The Balaban J connectivity index is 2.27. The van der Waals surface area contributed by atoms with Crippen LogP contribution in [0.25, 0.3) is 0 Å². The van der Waals surface area contributed by atoms with Gasteiger partial charge in [-0.1, -0.05) is 20.8 Å². The van der Waals surface area contributed by atoms with Crippen LogP contribution >= 0.6 is 11.3 Å². The van der Waals surface area contributed by atoms with Crippen LogP contribution in [0.1, 0.15) is 31.5 Å². The molecule has 96 valence electrons. The van der Waals surface area contributed by atoms with E-state index in [0.29, 0.717) is 6.54 Å². The average Bonchev–Trinajstić information content (AvgIpc) is 2.73. The van der Waals surface area contributed by atoms with Crippen molar-refractivity contribution in [2.24, 2.45) is 0 Å². The van der Waals surface area contributed by atoms with Gasteiger partial charge in [0.05, 0.1) is 17.9 Å². The van der Waals surface area contributed by atoms with Gasteiger partial charge < -0.3 is 10.3 Å². The minimum atomic E-state index is -0.162. The quantitative estimate of drug-likeness (QED) is 0.903. The van der Waals surface area contributed by atoms with Crippen LogP contribution in [0, 0.1) is 0 Å². The van der Waals surface area contributed by atoms with Gasteiger partial charge in [-0.15, -0.1) is 11.3 Å². The minimum absolute atomic E-state index is 0.0371.